The van der Waals surface area contributed by atoms with Crippen LogP contribution in [0.3, 0.4) is 0 Å². The number of hydrogen-bond donors (Lipinski definition) is 4. The Balaban J connectivity index is 2.04. The van der Waals surface area contributed by atoms with E-state index in [0.29, 0.717) is 5.52 Å². The molecule has 0 amide bonds. The van der Waals surface area contributed by atoms with Crippen LogP contribution in [0.1, 0.15) is 61.1 Å². The number of carbonyl (C=O) groups excluding carboxylic acids is 3. The number of nitrogens with zero attached hydrogens (tertiary/aromatic N) is 4. The van der Waals surface area contributed by atoms with E-state index >= 15 is 0 Å². The summed E-state index contributed by atoms with van der Waals surface area (Å²) in [5, 5.41) is 31.8. The highest BCUT2D eigenvalue weighted by Gasteiger charge is 2.67. The standard InChI is InChI=1S/C28H42N7O10P/c1-9-41-25(37)17(6)33-46(40,34-18(7)26(38)43-16(4)5)42-12-20-22(44-24(36)15(2)3)27(8,39)28(13-29,45-20)21-11-10-19-23(30)31-14-32-35(19)21/h10-11,14-18,20,22,39H,9,12H2,1-8H3,(H2,30,31,32)(H2,33,34,40)/t17-,18-,20+,22+,27+,28-,46?/m0/s1. The first-order valence-electron chi connectivity index (χ1n) is 14.7. The van der Waals surface area contributed by atoms with Crippen molar-refractivity contribution < 1.29 is 47.5 Å². The summed E-state index contributed by atoms with van der Waals surface area (Å²) in [6, 6.07) is 2.62. The number of ether oxygens (including phenoxy) is 4. The van der Waals surface area contributed by atoms with Crippen molar-refractivity contribution >= 4 is 36.9 Å². The number of rotatable bonds is 14. The highest BCUT2D eigenvalue weighted by atomic mass is 31.2. The number of carbonyl (C=O) groups is 3. The molecule has 1 aliphatic heterocycles. The summed E-state index contributed by atoms with van der Waals surface area (Å²) in [7, 11) is -4.37. The van der Waals surface area contributed by atoms with E-state index in [2.05, 4.69) is 20.3 Å². The highest BCUT2D eigenvalue weighted by molar-refractivity contribution is 7.54. The average molecular weight is 668 g/mol. The molecular formula is C28H42N7O10P. The smallest absolute Gasteiger partial charge is 0.342 e. The Morgan fingerprint density at radius 1 is 1.15 bits per heavy atom. The Morgan fingerprint density at radius 3 is 2.35 bits per heavy atom. The average Bonchev–Trinajstić information content (AvgIpc) is 3.49. The normalized spacial score (nSPS) is 25.5. The largest absolute Gasteiger partial charge is 0.465 e. The molecule has 0 spiro atoms. The van der Waals surface area contributed by atoms with Gasteiger partial charge in [-0.05, 0) is 53.7 Å². The van der Waals surface area contributed by atoms with Gasteiger partial charge in [-0.25, -0.2) is 19.7 Å². The minimum absolute atomic E-state index is 0.0395. The molecule has 0 aromatic carbocycles. The summed E-state index contributed by atoms with van der Waals surface area (Å²) < 4.78 is 43.3. The molecule has 254 valence electrons. The van der Waals surface area contributed by atoms with E-state index in [9.17, 15) is 29.3 Å². The van der Waals surface area contributed by atoms with E-state index < -0.39 is 79.7 Å². The molecule has 1 aliphatic rings. The number of anilines is 1. The zero-order chi connectivity index (χ0) is 34.6. The maximum absolute atomic E-state index is 14.2. The van der Waals surface area contributed by atoms with Crippen molar-refractivity contribution in [3.63, 3.8) is 0 Å². The first-order valence-corrected chi connectivity index (χ1v) is 16.3. The van der Waals surface area contributed by atoms with Crippen molar-refractivity contribution in [1.29, 1.82) is 5.26 Å². The maximum Gasteiger partial charge on any atom is 0.342 e. The van der Waals surface area contributed by atoms with E-state index in [0.717, 1.165) is 6.33 Å². The molecule has 1 unspecified atom stereocenters. The zero-order valence-electron chi connectivity index (χ0n) is 27.0. The van der Waals surface area contributed by atoms with Crippen LogP contribution in [-0.4, -0.2) is 86.8 Å². The molecule has 0 bridgehead atoms. The second-order valence-corrected chi connectivity index (χ2v) is 13.4. The molecule has 46 heavy (non-hydrogen) atoms. The van der Waals surface area contributed by atoms with Crippen molar-refractivity contribution in [2.24, 2.45) is 5.92 Å². The Morgan fingerprint density at radius 2 is 1.78 bits per heavy atom. The van der Waals surface area contributed by atoms with Crippen LogP contribution in [0.25, 0.3) is 5.52 Å². The van der Waals surface area contributed by atoms with E-state index in [1.54, 1.807) is 34.6 Å². The highest BCUT2D eigenvalue weighted by Crippen LogP contribution is 2.50. The fourth-order valence-electron chi connectivity index (χ4n) is 4.79. The van der Waals surface area contributed by atoms with Gasteiger partial charge < -0.3 is 34.3 Å². The van der Waals surface area contributed by atoms with Gasteiger partial charge in [0.2, 0.25) is 5.60 Å². The van der Waals surface area contributed by atoms with Crippen LogP contribution < -0.4 is 15.9 Å². The third kappa shape index (κ3) is 7.49. The lowest BCUT2D eigenvalue weighted by Crippen LogP contribution is -2.54. The minimum atomic E-state index is -4.37. The van der Waals surface area contributed by atoms with Crippen molar-refractivity contribution in [3.05, 3.63) is 24.2 Å². The second-order valence-electron chi connectivity index (χ2n) is 11.6. The van der Waals surface area contributed by atoms with Gasteiger partial charge in [0.05, 0.1) is 30.9 Å². The monoisotopic (exact) mass is 667 g/mol. The third-order valence-electron chi connectivity index (χ3n) is 7.14. The van der Waals surface area contributed by atoms with Gasteiger partial charge in [-0.2, -0.15) is 10.4 Å². The number of esters is 3. The molecule has 0 radical (unpaired) electrons. The Labute approximate surface area is 266 Å². The summed E-state index contributed by atoms with van der Waals surface area (Å²) in [4.78, 5) is 41.7. The van der Waals surface area contributed by atoms with Crippen LogP contribution in [-0.2, 0) is 48.0 Å². The molecule has 3 heterocycles. The van der Waals surface area contributed by atoms with Crippen LogP contribution >= 0.6 is 7.67 Å². The third-order valence-corrected chi connectivity index (χ3v) is 9.11. The Hall–Kier alpha value is -3.65. The van der Waals surface area contributed by atoms with E-state index in [4.69, 9.17) is 29.2 Å². The molecule has 7 atom stereocenters. The lowest BCUT2D eigenvalue weighted by atomic mass is 9.80. The van der Waals surface area contributed by atoms with Crippen LogP contribution in [0.2, 0.25) is 0 Å². The molecule has 1 saturated heterocycles. The molecule has 1 fully saturated rings. The number of aliphatic hydroxyl groups is 1. The SMILES string of the molecule is CCOC(=O)[C@H](C)NP(=O)(N[C@@H](C)C(=O)OC(C)C)OC[C@H]1O[C@@](C#N)(c2ccc3c(N)ncnn23)[C@](C)(O)[C@@H]1OC(=O)C(C)C. The van der Waals surface area contributed by atoms with Gasteiger partial charge >= 0.3 is 25.6 Å². The van der Waals surface area contributed by atoms with Gasteiger partial charge in [0.25, 0.3) is 0 Å². The van der Waals surface area contributed by atoms with Gasteiger partial charge in [-0.15, -0.1) is 0 Å². The van der Waals surface area contributed by atoms with Gasteiger partial charge in [0.15, 0.2) is 11.9 Å². The summed E-state index contributed by atoms with van der Waals surface area (Å²) in [6.07, 6.45) is -2.29. The second kappa shape index (κ2) is 14.4. The number of nitriles is 1. The summed E-state index contributed by atoms with van der Waals surface area (Å²) >= 11 is 0. The first-order chi connectivity index (χ1) is 21.4. The van der Waals surface area contributed by atoms with Gasteiger partial charge in [0, 0.05) is 0 Å². The van der Waals surface area contributed by atoms with Crippen molar-refractivity contribution in [2.45, 2.75) is 97.0 Å². The number of nitrogen functional groups attached to an aromatic ring is 1. The Kier molecular flexibility index (Phi) is 11.5. The number of nitrogens with one attached hydrogen (secondary N) is 2. The Bertz CT molecular complexity index is 1520. The van der Waals surface area contributed by atoms with Crippen molar-refractivity contribution in [1.82, 2.24) is 24.8 Å². The molecule has 2 aromatic rings. The molecule has 17 nitrogen and oxygen atoms in total. The van der Waals surface area contributed by atoms with Crippen molar-refractivity contribution in [3.8, 4) is 6.07 Å². The predicted octanol–water partition coefficient (Wildman–Crippen LogP) is 1.34. The molecular weight excluding hydrogens is 625 g/mol. The first kappa shape index (κ1) is 36.8. The van der Waals surface area contributed by atoms with Gasteiger partial charge in [-0.3, -0.25) is 18.9 Å². The lowest BCUT2D eigenvalue weighted by Gasteiger charge is -2.34. The number of aromatic nitrogens is 3. The molecule has 0 saturated carbocycles. The topological polar surface area (TPSA) is 239 Å². The van der Waals surface area contributed by atoms with E-state index in [1.807, 2.05) is 6.07 Å². The predicted molar refractivity (Wildman–Crippen MR) is 162 cm³/mol. The van der Waals surface area contributed by atoms with Gasteiger partial charge in [0.1, 0.15) is 41.7 Å². The minimum Gasteiger partial charge on any atom is -0.465 e. The van der Waals surface area contributed by atoms with Gasteiger partial charge in [-0.1, -0.05) is 13.8 Å². The fraction of sp³-hybridized carbons (Fsp3) is 0.643. The molecule has 18 heteroatoms. The molecule has 0 aliphatic carbocycles. The number of fused-ring (bicyclic) bond motifs is 1. The van der Waals surface area contributed by atoms with Crippen LogP contribution in [0, 0.1) is 17.2 Å². The van der Waals surface area contributed by atoms with E-state index in [-0.39, 0.29) is 18.1 Å². The van der Waals surface area contributed by atoms with Crippen LogP contribution in [0.15, 0.2) is 18.5 Å². The van der Waals surface area contributed by atoms with Crippen molar-refractivity contribution in [2.75, 3.05) is 18.9 Å². The quantitative estimate of drug-likeness (QED) is 0.126. The number of nitrogens with two attached hydrogens (primary N) is 1. The number of hydrogen-bond acceptors (Lipinski definition) is 14. The zero-order valence-corrected chi connectivity index (χ0v) is 27.9. The summed E-state index contributed by atoms with van der Waals surface area (Å²) in [6.45, 7) is 11.4. The molecule has 2 aromatic heterocycles. The maximum atomic E-state index is 14.2. The fourth-order valence-corrected chi connectivity index (χ4v) is 6.60. The van der Waals surface area contributed by atoms with Crippen LogP contribution in [0.4, 0.5) is 5.82 Å². The van der Waals surface area contributed by atoms with E-state index in [1.165, 1.54) is 37.4 Å². The summed E-state index contributed by atoms with van der Waals surface area (Å²) in [5.41, 5.74) is 1.86. The molecule has 5 N–H and O–H groups in total. The van der Waals surface area contributed by atoms with Crippen LogP contribution in [0.5, 0.6) is 0 Å². The summed E-state index contributed by atoms with van der Waals surface area (Å²) in [5.74, 6) is -2.77. The lowest BCUT2D eigenvalue weighted by molar-refractivity contribution is -0.168. The molecule has 3 rings (SSSR count).